The standard InChI is InChI=1S/C63H118O6/c1-4-7-10-13-16-19-22-25-28-30-31-33-35-38-41-44-47-50-53-56-62(65)68-59-60(58-67-61(64)55-52-49-46-43-40-37-34-27-24-21-18-15-12-9-6-3)69-63(66)57-54-51-48-45-42-39-36-32-29-26-23-20-17-14-11-8-5-2/h16,19,22,25,60H,4-15,17-18,20-21,23-24,26-59H2,1-3H3/b19-16-,25-22-. The molecule has 69 heavy (non-hydrogen) atoms. The van der Waals surface area contributed by atoms with E-state index in [2.05, 4.69) is 45.1 Å². The van der Waals surface area contributed by atoms with E-state index >= 15 is 0 Å². The van der Waals surface area contributed by atoms with Gasteiger partial charge in [0.1, 0.15) is 13.2 Å². The van der Waals surface area contributed by atoms with Crippen LogP contribution in [-0.2, 0) is 28.6 Å². The van der Waals surface area contributed by atoms with Gasteiger partial charge in [0.25, 0.3) is 0 Å². The molecule has 0 amide bonds. The lowest BCUT2D eigenvalue weighted by Gasteiger charge is -2.18. The first-order valence-electron chi connectivity index (χ1n) is 30.9. The SMILES string of the molecule is CCCCC/C=C\C=C/CCCCCCCCCCCCC(=O)OCC(COC(=O)CCCCCCCCCCCCCCCCC)OC(=O)CCCCCCCCCCCCCCCCCCC. The van der Waals surface area contributed by atoms with Crippen LogP contribution in [0, 0.1) is 0 Å². The molecule has 0 aliphatic carbocycles. The van der Waals surface area contributed by atoms with Gasteiger partial charge in [0.2, 0.25) is 0 Å². The number of hydrogen-bond donors (Lipinski definition) is 0. The molecule has 0 fully saturated rings. The molecule has 0 aromatic carbocycles. The summed E-state index contributed by atoms with van der Waals surface area (Å²) >= 11 is 0. The van der Waals surface area contributed by atoms with Gasteiger partial charge in [-0.05, 0) is 44.9 Å². The Morgan fingerprint density at radius 3 is 0.797 bits per heavy atom. The maximum atomic E-state index is 12.9. The average molecular weight is 972 g/mol. The zero-order valence-corrected chi connectivity index (χ0v) is 46.6. The molecule has 0 spiro atoms. The summed E-state index contributed by atoms with van der Waals surface area (Å²) in [5, 5.41) is 0. The van der Waals surface area contributed by atoms with Crippen molar-refractivity contribution in [2.75, 3.05) is 13.2 Å². The fraction of sp³-hybridized carbons (Fsp3) is 0.889. The van der Waals surface area contributed by atoms with Crippen molar-refractivity contribution in [1.29, 1.82) is 0 Å². The first kappa shape index (κ1) is 66.9. The van der Waals surface area contributed by atoms with Gasteiger partial charge in [-0.1, -0.05) is 302 Å². The molecule has 0 rings (SSSR count). The Balaban J connectivity index is 4.31. The van der Waals surface area contributed by atoms with E-state index < -0.39 is 6.10 Å². The molecule has 0 aliphatic heterocycles. The topological polar surface area (TPSA) is 78.9 Å². The van der Waals surface area contributed by atoms with Crippen molar-refractivity contribution < 1.29 is 28.6 Å². The van der Waals surface area contributed by atoms with Gasteiger partial charge in [-0.3, -0.25) is 14.4 Å². The lowest BCUT2D eigenvalue weighted by molar-refractivity contribution is -0.167. The minimum Gasteiger partial charge on any atom is -0.462 e. The van der Waals surface area contributed by atoms with Gasteiger partial charge in [0.05, 0.1) is 0 Å². The summed E-state index contributed by atoms with van der Waals surface area (Å²) < 4.78 is 16.9. The van der Waals surface area contributed by atoms with E-state index in [1.807, 2.05) is 0 Å². The van der Waals surface area contributed by atoms with Crippen molar-refractivity contribution in [2.45, 2.75) is 348 Å². The highest BCUT2D eigenvalue weighted by Crippen LogP contribution is 2.18. The second kappa shape index (κ2) is 58.5. The Morgan fingerprint density at radius 2 is 0.507 bits per heavy atom. The van der Waals surface area contributed by atoms with Crippen LogP contribution in [0.3, 0.4) is 0 Å². The molecule has 0 aliphatic rings. The predicted molar refractivity (Wildman–Crippen MR) is 298 cm³/mol. The third-order valence-corrected chi connectivity index (χ3v) is 14.0. The van der Waals surface area contributed by atoms with Crippen molar-refractivity contribution >= 4 is 17.9 Å². The van der Waals surface area contributed by atoms with Gasteiger partial charge in [-0.2, -0.15) is 0 Å². The smallest absolute Gasteiger partial charge is 0.306 e. The Kier molecular flexibility index (Phi) is 56.7. The highest BCUT2D eigenvalue weighted by atomic mass is 16.6. The second-order valence-electron chi connectivity index (χ2n) is 21.0. The number of esters is 3. The number of ether oxygens (including phenoxy) is 3. The Bertz CT molecular complexity index is 1110. The third kappa shape index (κ3) is 56.7. The van der Waals surface area contributed by atoms with Crippen LogP contribution in [-0.4, -0.2) is 37.2 Å². The number of rotatable bonds is 57. The number of allylic oxidation sites excluding steroid dienone is 4. The van der Waals surface area contributed by atoms with Gasteiger partial charge < -0.3 is 14.2 Å². The van der Waals surface area contributed by atoms with Crippen LogP contribution in [0.4, 0.5) is 0 Å². The van der Waals surface area contributed by atoms with Crippen LogP contribution in [0.25, 0.3) is 0 Å². The average Bonchev–Trinajstić information content (AvgIpc) is 3.35. The second-order valence-corrected chi connectivity index (χ2v) is 21.0. The number of hydrogen-bond acceptors (Lipinski definition) is 6. The first-order valence-corrected chi connectivity index (χ1v) is 30.9. The Hall–Kier alpha value is -2.11. The van der Waals surface area contributed by atoms with Crippen molar-refractivity contribution in [1.82, 2.24) is 0 Å². The quantitative estimate of drug-likeness (QED) is 0.0261. The Morgan fingerprint density at radius 1 is 0.290 bits per heavy atom. The zero-order chi connectivity index (χ0) is 50.0. The predicted octanol–water partition coefficient (Wildman–Crippen LogP) is 20.7. The van der Waals surface area contributed by atoms with Gasteiger partial charge in [-0.25, -0.2) is 0 Å². The molecule has 0 heterocycles. The fourth-order valence-corrected chi connectivity index (χ4v) is 9.32. The maximum Gasteiger partial charge on any atom is 0.306 e. The molecule has 6 nitrogen and oxygen atoms in total. The van der Waals surface area contributed by atoms with E-state index in [-0.39, 0.29) is 31.1 Å². The summed E-state index contributed by atoms with van der Waals surface area (Å²) in [5.41, 5.74) is 0. The number of carbonyl (C=O) groups excluding carboxylic acids is 3. The monoisotopic (exact) mass is 971 g/mol. The summed E-state index contributed by atoms with van der Waals surface area (Å²) in [6.07, 6.45) is 68.8. The van der Waals surface area contributed by atoms with E-state index in [0.29, 0.717) is 19.3 Å². The molecule has 1 unspecified atom stereocenters. The highest BCUT2D eigenvalue weighted by molar-refractivity contribution is 5.71. The normalized spacial score (nSPS) is 12.1. The molecule has 0 radical (unpaired) electrons. The van der Waals surface area contributed by atoms with Gasteiger partial charge in [-0.15, -0.1) is 0 Å². The van der Waals surface area contributed by atoms with Gasteiger partial charge in [0, 0.05) is 19.3 Å². The molecule has 0 saturated heterocycles. The molecule has 0 saturated carbocycles. The maximum absolute atomic E-state index is 12.9. The summed E-state index contributed by atoms with van der Waals surface area (Å²) in [6, 6.07) is 0. The molecule has 1 atom stereocenters. The molecule has 6 heteroatoms. The van der Waals surface area contributed by atoms with Crippen molar-refractivity contribution in [3.63, 3.8) is 0 Å². The summed E-state index contributed by atoms with van der Waals surface area (Å²) in [6.45, 7) is 6.68. The van der Waals surface area contributed by atoms with Crippen LogP contribution in [0.1, 0.15) is 342 Å². The molecule has 0 aromatic rings. The highest BCUT2D eigenvalue weighted by Gasteiger charge is 2.19. The van der Waals surface area contributed by atoms with Crippen molar-refractivity contribution in [3.8, 4) is 0 Å². The van der Waals surface area contributed by atoms with Gasteiger partial charge >= 0.3 is 17.9 Å². The number of unbranched alkanes of at least 4 members (excludes halogenated alkanes) is 43. The number of carbonyl (C=O) groups is 3. The third-order valence-electron chi connectivity index (χ3n) is 14.0. The van der Waals surface area contributed by atoms with E-state index in [0.717, 1.165) is 57.8 Å². The van der Waals surface area contributed by atoms with E-state index in [1.165, 1.54) is 244 Å². The molecule has 0 aromatic heterocycles. The molecular formula is C63H118O6. The van der Waals surface area contributed by atoms with Crippen LogP contribution in [0.15, 0.2) is 24.3 Å². The minimum absolute atomic E-state index is 0.0659. The molecule has 0 N–H and O–H groups in total. The molecule has 406 valence electrons. The van der Waals surface area contributed by atoms with E-state index in [1.54, 1.807) is 0 Å². The molecular weight excluding hydrogens is 853 g/mol. The van der Waals surface area contributed by atoms with Crippen LogP contribution >= 0.6 is 0 Å². The zero-order valence-electron chi connectivity index (χ0n) is 46.6. The van der Waals surface area contributed by atoms with Crippen LogP contribution in [0.5, 0.6) is 0 Å². The molecule has 0 bridgehead atoms. The van der Waals surface area contributed by atoms with Crippen molar-refractivity contribution in [3.05, 3.63) is 24.3 Å². The van der Waals surface area contributed by atoms with Gasteiger partial charge in [0.15, 0.2) is 6.10 Å². The van der Waals surface area contributed by atoms with Crippen molar-refractivity contribution in [2.24, 2.45) is 0 Å². The summed E-state index contributed by atoms with van der Waals surface area (Å²) in [4.78, 5) is 38.2. The lowest BCUT2D eigenvalue weighted by atomic mass is 10.0. The van der Waals surface area contributed by atoms with Crippen LogP contribution < -0.4 is 0 Å². The lowest BCUT2D eigenvalue weighted by Crippen LogP contribution is -2.30. The minimum atomic E-state index is -0.768. The largest absolute Gasteiger partial charge is 0.462 e. The summed E-state index contributed by atoms with van der Waals surface area (Å²) in [7, 11) is 0. The first-order chi connectivity index (χ1) is 34.0. The van der Waals surface area contributed by atoms with Crippen LogP contribution in [0.2, 0.25) is 0 Å². The summed E-state index contributed by atoms with van der Waals surface area (Å²) in [5.74, 6) is -0.843. The fourth-order valence-electron chi connectivity index (χ4n) is 9.32. The van der Waals surface area contributed by atoms with E-state index in [4.69, 9.17) is 14.2 Å². The Labute approximate surface area is 430 Å². The van der Waals surface area contributed by atoms with E-state index in [9.17, 15) is 14.4 Å².